The first-order chi connectivity index (χ1) is 11.8. The zero-order valence-electron chi connectivity index (χ0n) is 13.9. The molecular weight excluding hydrogens is 362 g/mol. The molecule has 8 heteroatoms. The zero-order valence-corrected chi connectivity index (χ0v) is 15.5. The summed E-state index contributed by atoms with van der Waals surface area (Å²) in [5, 5.41) is 8.20. The standard InChI is InChI=1S/C17H16ClN3O3S/c1-11-5-4-6-12(9-11)16-19-20-17(24-16)13-7-8-14(18)15(10-13)25(22,23)21(2)3/h4-10H,1-3H3. The molecule has 0 aliphatic carbocycles. The van der Waals surface area contributed by atoms with Crippen molar-refractivity contribution in [2.24, 2.45) is 0 Å². The van der Waals surface area contributed by atoms with E-state index in [4.69, 9.17) is 16.0 Å². The molecule has 0 fully saturated rings. The summed E-state index contributed by atoms with van der Waals surface area (Å²) in [5.41, 5.74) is 2.35. The highest BCUT2D eigenvalue weighted by Crippen LogP contribution is 2.30. The third-order valence-corrected chi connectivity index (χ3v) is 5.92. The maximum atomic E-state index is 12.4. The van der Waals surface area contributed by atoms with Crippen LogP contribution in [-0.4, -0.2) is 37.0 Å². The van der Waals surface area contributed by atoms with E-state index >= 15 is 0 Å². The van der Waals surface area contributed by atoms with Gasteiger partial charge in [0.05, 0.1) is 5.02 Å². The molecule has 0 saturated carbocycles. The summed E-state index contributed by atoms with van der Waals surface area (Å²) < 4.78 is 31.6. The summed E-state index contributed by atoms with van der Waals surface area (Å²) in [4.78, 5) is -0.00743. The van der Waals surface area contributed by atoms with Crippen molar-refractivity contribution in [1.82, 2.24) is 14.5 Å². The van der Waals surface area contributed by atoms with Crippen molar-refractivity contribution in [3.05, 3.63) is 53.1 Å². The molecule has 0 saturated heterocycles. The topological polar surface area (TPSA) is 76.3 Å². The number of hydrogen-bond donors (Lipinski definition) is 0. The molecule has 25 heavy (non-hydrogen) atoms. The molecule has 0 unspecified atom stereocenters. The SMILES string of the molecule is Cc1cccc(-c2nnc(-c3ccc(Cl)c(S(=O)(=O)N(C)C)c3)o2)c1. The van der Waals surface area contributed by atoms with Crippen LogP contribution < -0.4 is 0 Å². The lowest BCUT2D eigenvalue weighted by atomic mass is 10.1. The van der Waals surface area contributed by atoms with E-state index in [1.807, 2.05) is 31.2 Å². The molecule has 0 aliphatic rings. The minimum absolute atomic E-state index is 0.00743. The molecule has 0 aliphatic heterocycles. The van der Waals surface area contributed by atoms with Crippen LogP contribution in [0.25, 0.3) is 22.9 Å². The molecule has 0 amide bonds. The van der Waals surface area contributed by atoms with Gasteiger partial charge in [0, 0.05) is 25.2 Å². The molecule has 3 rings (SSSR count). The smallest absolute Gasteiger partial charge is 0.248 e. The molecule has 130 valence electrons. The highest BCUT2D eigenvalue weighted by atomic mass is 35.5. The van der Waals surface area contributed by atoms with Crippen molar-refractivity contribution in [3.63, 3.8) is 0 Å². The zero-order chi connectivity index (χ0) is 18.2. The van der Waals surface area contributed by atoms with Gasteiger partial charge in [-0.15, -0.1) is 10.2 Å². The summed E-state index contributed by atoms with van der Waals surface area (Å²) >= 11 is 6.06. The van der Waals surface area contributed by atoms with Gasteiger partial charge in [-0.2, -0.15) is 0 Å². The van der Waals surface area contributed by atoms with Crippen LogP contribution in [0, 0.1) is 6.92 Å². The van der Waals surface area contributed by atoms with E-state index in [9.17, 15) is 8.42 Å². The van der Waals surface area contributed by atoms with E-state index in [-0.39, 0.29) is 15.8 Å². The van der Waals surface area contributed by atoms with Gasteiger partial charge in [0.1, 0.15) is 4.90 Å². The van der Waals surface area contributed by atoms with Crippen LogP contribution in [0.15, 0.2) is 51.8 Å². The Bertz CT molecular complexity index is 1030. The molecule has 0 N–H and O–H groups in total. The lowest BCUT2D eigenvalue weighted by Crippen LogP contribution is -2.22. The highest BCUT2D eigenvalue weighted by molar-refractivity contribution is 7.89. The molecule has 0 bridgehead atoms. The van der Waals surface area contributed by atoms with E-state index in [1.165, 1.54) is 26.2 Å². The maximum Gasteiger partial charge on any atom is 0.248 e. The van der Waals surface area contributed by atoms with Gasteiger partial charge in [-0.25, -0.2) is 12.7 Å². The van der Waals surface area contributed by atoms with Gasteiger partial charge in [0.15, 0.2) is 0 Å². The second-order valence-corrected chi connectivity index (χ2v) is 8.24. The van der Waals surface area contributed by atoms with E-state index < -0.39 is 10.0 Å². The van der Waals surface area contributed by atoms with Crippen LogP contribution in [0.4, 0.5) is 0 Å². The van der Waals surface area contributed by atoms with Crippen LogP contribution >= 0.6 is 11.6 Å². The van der Waals surface area contributed by atoms with Gasteiger partial charge in [-0.3, -0.25) is 0 Å². The minimum Gasteiger partial charge on any atom is -0.416 e. The van der Waals surface area contributed by atoms with Gasteiger partial charge < -0.3 is 4.42 Å². The van der Waals surface area contributed by atoms with Gasteiger partial charge in [-0.05, 0) is 37.3 Å². The van der Waals surface area contributed by atoms with Crippen molar-refractivity contribution in [2.45, 2.75) is 11.8 Å². The summed E-state index contributed by atoms with van der Waals surface area (Å²) in [6, 6.07) is 12.3. The quantitative estimate of drug-likeness (QED) is 0.694. The lowest BCUT2D eigenvalue weighted by Gasteiger charge is -2.13. The monoisotopic (exact) mass is 377 g/mol. The normalized spacial score (nSPS) is 11.9. The molecule has 1 aromatic heterocycles. The molecule has 6 nitrogen and oxygen atoms in total. The van der Waals surface area contributed by atoms with Crippen LogP contribution in [-0.2, 0) is 10.0 Å². The summed E-state index contributed by atoms with van der Waals surface area (Å²) in [7, 11) is -0.787. The number of benzene rings is 2. The minimum atomic E-state index is -3.68. The fourth-order valence-electron chi connectivity index (χ4n) is 2.27. The number of rotatable bonds is 4. The average molecular weight is 378 g/mol. The fourth-order valence-corrected chi connectivity index (χ4v) is 3.66. The van der Waals surface area contributed by atoms with Gasteiger partial charge >= 0.3 is 0 Å². The third kappa shape index (κ3) is 3.44. The Hall–Kier alpha value is -2.22. The van der Waals surface area contributed by atoms with Crippen molar-refractivity contribution in [2.75, 3.05) is 14.1 Å². The number of aromatic nitrogens is 2. The molecule has 0 radical (unpaired) electrons. The van der Waals surface area contributed by atoms with Crippen molar-refractivity contribution >= 4 is 21.6 Å². The maximum absolute atomic E-state index is 12.4. The van der Waals surface area contributed by atoms with E-state index in [0.717, 1.165) is 15.4 Å². The Morgan fingerprint density at radius 1 is 1.00 bits per heavy atom. The summed E-state index contributed by atoms with van der Waals surface area (Å²) in [6.07, 6.45) is 0. The van der Waals surface area contributed by atoms with Crippen LogP contribution in [0.3, 0.4) is 0 Å². The van der Waals surface area contributed by atoms with Crippen molar-refractivity contribution in [3.8, 4) is 22.9 Å². The average Bonchev–Trinajstić information content (AvgIpc) is 3.05. The van der Waals surface area contributed by atoms with Crippen LogP contribution in [0.2, 0.25) is 5.02 Å². The Labute approximate surface area is 151 Å². The Morgan fingerprint density at radius 2 is 1.64 bits per heavy atom. The first-order valence-electron chi connectivity index (χ1n) is 7.42. The second kappa shape index (κ2) is 6.59. The summed E-state index contributed by atoms with van der Waals surface area (Å²) in [6.45, 7) is 1.97. The predicted octanol–water partition coefficient (Wildman–Crippen LogP) is 3.62. The lowest BCUT2D eigenvalue weighted by molar-refractivity contribution is 0.521. The van der Waals surface area contributed by atoms with Crippen LogP contribution in [0.5, 0.6) is 0 Å². The largest absolute Gasteiger partial charge is 0.416 e. The van der Waals surface area contributed by atoms with Crippen molar-refractivity contribution < 1.29 is 12.8 Å². The molecule has 0 atom stereocenters. The molecule has 0 spiro atoms. The molecule has 2 aromatic carbocycles. The van der Waals surface area contributed by atoms with E-state index in [0.29, 0.717) is 11.5 Å². The fraction of sp³-hybridized carbons (Fsp3) is 0.176. The first-order valence-corrected chi connectivity index (χ1v) is 9.24. The predicted molar refractivity (Wildman–Crippen MR) is 95.8 cm³/mol. The number of halogens is 1. The third-order valence-electron chi connectivity index (χ3n) is 3.63. The van der Waals surface area contributed by atoms with Gasteiger partial charge in [0.25, 0.3) is 0 Å². The highest BCUT2D eigenvalue weighted by Gasteiger charge is 2.22. The van der Waals surface area contributed by atoms with Gasteiger partial charge in [0.2, 0.25) is 21.8 Å². The molecule has 1 heterocycles. The van der Waals surface area contributed by atoms with E-state index in [1.54, 1.807) is 6.07 Å². The van der Waals surface area contributed by atoms with E-state index in [2.05, 4.69) is 10.2 Å². The Morgan fingerprint density at radius 3 is 2.24 bits per heavy atom. The van der Waals surface area contributed by atoms with Gasteiger partial charge in [-0.1, -0.05) is 29.3 Å². The Balaban J connectivity index is 2.04. The molecule has 3 aromatic rings. The first kappa shape index (κ1) is 17.6. The second-order valence-electron chi connectivity index (χ2n) is 5.71. The summed E-state index contributed by atoms with van der Waals surface area (Å²) in [5.74, 6) is 0.592. The Kier molecular flexibility index (Phi) is 4.64. The number of hydrogen-bond acceptors (Lipinski definition) is 5. The number of nitrogens with zero attached hydrogens (tertiary/aromatic N) is 3. The number of sulfonamides is 1. The number of aryl methyl sites for hydroxylation is 1. The molecular formula is C17H16ClN3O3S. The van der Waals surface area contributed by atoms with Crippen molar-refractivity contribution in [1.29, 1.82) is 0 Å². The van der Waals surface area contributed by atoms with Crippen LogP contribution in [0.1, 0.15) is 5.56 Å².